The smallest absolute Gasteiger partial charge is 0.340 e. The van der Waals surface area contributed by atoms with E-state index in [0.717, 1.165) is 18.8 Å². The van der Waals surface area contributed by atoms with Gasteiger partial charge in [0.25, 0.3) is 0 Å². The molecule has 20 heavy (non-hydrogen) atoms. The first kappa shape index (κ1) is 14.7. The zero-order valence-electron chi connectivity index (χ0n) is 12.6. The molecule has 110 valence electrons. The van der Waals surface area contributed by atoms with Crippen molar-refractivity contribution in [1.29, 1.82) is 0 Å². The molecule has 1 heterocycles. The highest BCUT2D eigenvalue weighted by atomic mass is 16.5. The molecule has 2 atom stereocenters. The van der Waals surface area contributed by atoms with Crippen molar-refractivity contribution in [1.82, 2.24) is 0 Å². The maximum atomic E-state index is 12.1. The second-order valence-corrected chi connectivity index (χ2v) is 5.81. The third-order valence-corrected chi connectivity index (χ3v) is 3.75. The molecule has 0 radical (unpaired) electrons. The standard InChI is InChI=1S/C16H24N2O2/c1-4-20-16(19)13-6-5-7-14(17)15(13)18-9-11(2)8-12(3)10-18/h5-7,11-12H,4,8-10,17H2,1-3H3. The lowest BCUT2D eigenvalue weighted by Gasteiger charge is -2.37. The number of para-hydroxylation sites is 1. The Labute approximate surface area is 120 Å². The van der Waals surface area contributed by atoms with Crippen LogP contribution in [0.2, 0.25) is 0 Å². The van der Waals surface area contributed by atoms with Crippen LogP contribution < -0.4 is 10.6 Å². The van der Waals surface area contributed by atoms with E-state index in [2.05, 4.69) is 18.7 Å². The fourth-order valence-corrected chi connectivity index (χ4v) is 3.13. The van der Waals surface area contributed by atoms with Gasteiger partial charge in [-0.25, -0.2) is 4.79 Å². The first-order chi connectivity index (χ1) is 9.52. The Bertz CT molecular complexity index is 477. The number of carbonyl (C=O) groups is 1. The zero-order valence-corrected chi connectivity index (χ0v) is 12.6. The first-order valence-electron chi connectivity index (χ1n) is 7.33. The molecule has 0 aliphatic carbocycles. The Morgan fingerprint density at radius 3 is 2.60 bits per heavy atom. The third-order valence-electron chi connectivity index (χ3n) is 3.75. The third kappa shape index (κ3) is 3.06. The fraction of sp³-hybridized carbons (Fsp3) is 0.562. The number of anilines is 2. The van der Waals surface area contributed by atoms with Gasteiger partial charge in [0.15, 0.2) is 0 Å². The Morgan fingerprint density at radius 1 is 1.35 bits per heavy atom. The van der Waals surface area contributed by atoms with Crippen LogP contribution in [0.5, 0.6) is 0 Å². The highest BCUT2D eigenvalue weighted by Gasteiger charge is 2.27. The molecule has 1 aromatic rings. The number of ether oxygens (including phenoxy) is 1. The van der Waals surface area contributed by atoms with Crippen LogP contribution in [0.1, 0.15) is 37.6 Å². The van der Waals surface area contributed by atoms with Crippen LogP contribution >= 0.6 is 0 Å². The van der Waals surface area contributed by atoms with Gasteiger partial charge in [-0.3, -0.25) is 0 Å². The van der Waals surface area contributed by atoms with Crippen molar-refractivity contribution in [2.24, 2.45) is 11.8 Å². The van der Waals surface area contributed by atoms with Crippen LogP contribution in [0, 0.1) is 11.8 Å². The molecular formula is C16H24N2O2. The minimum absolute atomic E-state index is 0.291. The molecule has 1 aromatic carbocycles. The van der Waals surface area contributed by atoms with E-state index in [4.69, 9.17) is 10.5 Å². The molecule has 4 nitrogen and oxygen atoms in total. The van der Waals surface area contributed by atoms with Gasteiger partial charge in [-0.15, -0.1) is 0 Å². The fourth-order valence-electron chi connectivity index (χ4n) is 3.13. The number of nitrogen functional groups attached to an aromatic ring is 1. The summed E-state index contributed by atoms with van der Waals surface area (Å²) in [6, 6.07) is 5.46. The van der Waals surface area contributed by atoms with Gasteiger partial charge >= 0.3 is 5.97 Å². The van der Waals surface area contributed by atoms with Crippen LogP contribution in [0.4, 0.5) is 11.4 Å². The van der Waals surface area contributed by atoms with E-state index in [-0.39, 0.29) is 5.97 Å². The van der Waals surface area contributed by atoms with Crippen molar-refractivity contribution >= 4 is 17.3 Å². The average molecular weight is 276 g/mol. The number of nitrogens with zero attached hydrogens (tertiary/aromatic N) is 1. The summed E-state index contributed by atoms with van der Waals surface area (Å²) in [5.74, 6) is 0.919. The SMILES string of the molecule is CCOC(=O)c1cccc(N)c1N1CC(C)CC(C)C1. The summed E-state index contributed by atoms with van der Waals surface area (Å²) < 4.78 is 5.15. The maximum absolute atomic E-state index is 12.1. The van der Waals surface area contributed by atoms with E-state index in [9.17, 15) is 4.79 Å². The van der Waals surface area contributed by atoms with Gasteiger partial charge in [-0.2, -0.15) is 0 Å². The van der Waals surface area contributed by atoms with Crippen LogP contribution in [-0.4, -0.2) is 25.7 Å². The molecule has 0 amide bonds. The summed E-state index contributed by atoms with van der Waals surface area (Å²) in [4.78, 5) is 14.4. The predicted molar refractivity (Wildman–Crippen MR) is 82.0 cm³/mol. The molecule has 1 aliphatic heterocycles. The molecule has 1 fully saturated rings. The molecule has 0 saturated carbocycles. The maximum Gasteiger partial charge on any atom is 0.340 e. The average Bonchev–Trinajstić information content (AvgIpc) is 2.37. The predicted octanol–water partition coefficient (Wildman–Crippen LogP) is 2.93. The summed E-state index contributed by atoms with van der Waals surface area (Å²) in [6.07, 6.45) is 1.22. The lowest BCUT2D eigenvalue weighted by molar-refractivity contribution is 0.0527. The van der Waals surface area contributed by atoms with Crippen molar-refractivity contribution in [2.45, 2.75) is 27.2 Å². The largest absolute Gasteiger partial charge is 0.462 e. The molecule has 1 aliphatic rings. The van der Waals surface area contributed by atoms with Crippen molar-refractivity contribution < 1.29 is 9.53 Å². The second kappa shape index (κ2) is 6.16. The van der Waals surface area contributed by atoms with Gasteiger partial charge in [0.1, 0.15) is 0 Å². The van der Waals surface area contributed by atoms with E-state index in [1.165, 1.54) is 6.42 Å². The summed E-state index contributed by atoms with van der Waals surface area (Å²) in [7, 11) is 0. The lowest BCUT2D eigenvalue weighted by Crippen LogP contribution is -2.40. The molecular weight excluding hydrogens is 252 g/mol. The minimum Gasteiger partial charge on any atom is -0.462 e. The van der Waals surface area contributed by atoms with Crippen LogP contribution in [0.25, 0.3) is 0 Å². The summed E-state index contributed by atoms with van der Waals surface area (Å²) in [5, 5.41) is 0. The van der Waals surface area contributed by atoms with Gasteiger partial charge in [0.05, 0.1) is 23.5 Å². The summed E-state index contributed by atoms with van der Waals surface area (Å²) in [5.41, 5.74) is 8.19. The quantitative estimate of drug-likeness (QED) is 0.681. The number of hydrogen-bond donors (Lipinski definition) is 1. The number of esters is 1. The van der Waals surface area contributed by atoms with Crippen LogP contribution in [0.15, 0.2) is 18.2 Å². The van der Waals surface area contributed by atoms with E-state index < -0.39 is 0 Å². The van der Waals surface area contributed by atoms with Crippen LogP contribution in [0.3, 0.4) is 0 Å². The topological polar surface area (TPSA) is 55.6 Å². The number of carbonyl (C=O) groups excluding carboxylic acids is 1. The minimum atomic E-state index is -0.291. The Kier molecular flexibility index (Phi) is 4.53. The summed E-state index contributed by atoms with van der Waals surface area (Å²) in [6.45, 7) is 8.54. The molecule has 4 heteroatoms. The highest BCUT2D eigenvalue weighted by Crippen LogP contribution is 2.33. The van der Waals surface area contributed by atoms with Gasteiger partial charge < -0.3 is 15.4 Å². The monoisotopic (exact) mass is 276 g/mol. The molecule has 2 unspecified atom stereocenters. The number of benzene rings is 1. The Morgan fingerprint density at radius 2 is 2.00 bits per heavy atom. The van der Waals surface area contributed by atoms with Crippen LogP contribution in [-0.2, 0) is 4.74 Å². The number of piperidine rings is 1. The Hall–Kier alpha value is -1.71. The Balaban J connectivity index is 2.36. The lowest BCUT2D eigenvalue weighted by atomic mass is 9.91. The molecule has 2 N–H and O–H groups in total. The van der Waals surface area contributed by atoms with Crippen molar-refractivity contribution in [3.05, 3.63) is 23.8 Å². The number of nitrogens with two attached hydrogens (primary N) is 1. The van der Waals surface area contributed by atoms with E-state index in [1.54, 1.807) is 6.07 Å². The summed E-state index contributed by atoms with van der Waals surface area (Å²) >= 11 is 0. The molecule has 2 rings (SSSR count). The van der Waals surface area contributed by atoms with Crippen molar-refractivity contribution in [3.8, 4) is 0 Å². The first-order valence-corrected chi connectivity index (χ1v) is 7.33. The van der Waals surface area contributed by atoms with Gasteiger partial charge in [-0.05, 0) is 37.3 Å². The van der Waals surface area contributed by atoms with Gasteiger partial charge in [0.2, 0.25) is 0 Å². The van der Waals surface area contributed by atoms with Crippen molar-refractivity contribution in [3.63, 3.8) is 0 Å². The normalized spacial score (nSPS) is 22.6. The van der Waals surface area contributed by atoms with Crippen molar-refractivity contribution in [2.75, 3.05) is 30.3 Å². The zero-order chi connectivity index (χ0) is 14.7. The van der Waals surface area contributed by atoms with Gasteiger partial charge in [0, 0.05) is 13.1 Å². The molecule has 0 spiro atoms. The molecule has 1 saturated heterocycles. The van der Waals surface area contributed by atoms with E-state index in [0.29, 0.717) is 29.7 Å². The van der Waals surface area contributed by atoms with Gasteiger partial charge in [-0.1, -0.05) is 19.9 Å². The number of hydrogen-bond acceptors (Lipinski definition) is 4. The van der Waals surface area contributed by atoms with E-state index >= 15 is 0 Å². The molecule has 0 aromatic heterocycles. The second-order valence-electron chi connectivity index (χ2n) is 5.81. The number of rotatable bonds is 3. The molecule has 0 bridgehead atoms. The van der Waals surface area contributed by atoms with E-state index in [1.807, 2.05) is 19.1 Å². The highest BCUT2D eigenvalue weighted by molar-refractivity contribution is 5.99.